The maximum absolute atomic E-state index is 12.0. The Kier molecular flexibility index (Phi) is 6.70. The molecular weight excluding hydrogens is 410 g/mol. The quantitative estimate of drug-likeness (QED) is 0.689. The van der Waals surface area contributed by atoms with Crippen LogP contribution in [0.5, 0.6) is 11.5 Å². The van der Waals surface area contributed by atoms with E-state index >= 15 is 0 Å². The molecule has 1 aromatic carbocycles. The third kappa shape index (κ3) is 5.12. The van der Waals surface area contributed by atoms with Gasteiger partial charge in [-0.15, -0.1) is 0 Å². The molecule has 0 bridgehead atoms. The molecule has 1 saturated carbocycles. The molecule has 1 aliphatic heterocycles. The van der Waals surface area contributed by atoms with Gasteiger partial charge < -0.3 is 24.3 Å². The zero-order valence-corrected chi connectivity index (χ0v) is 18.9. The third-order valence-electron chi connectivity index (χ3n) is 5.52. The molecule has 1 fully saturated rings. The van der Waals surface area contributed by atoms with Crippen molar-refractivity contribution >= 4 is 23.7 Å². The van der Waals surface area contributed by atoms with Gasteiger partial charge in [0.25, 0.3) is 0 Å². The summed E-state index contributed by atoms with van der Waals surface area (Å²) in [5, 5.41) is 3.29. The van der Waals surface area contributed by atoms with Crippen molar-refractivity contribution in [1.82, 2.24) is 5.32 Å². The molecule has 0 radical (unpaired) electrons. The van der Waals surface area contributed by atoms with Crippen LogP contribution in [-0.2, 0) is 9.47 Å². The highest BCUT2D eigenvalue weighted by Gasteiger charge is 2.35. The molecule has 0 unspecified atom stereocenters. The van der Waals surface area contributed by atoms with Crippen LogP contribution >= 0.6 is 11.6 Å². The number of methoxy groups -OCH3 is 1. The molecule has 1 heterocycles. The van der Waals surface area contributed by atoms with Crippen molar-refractivity contribution in [2.24, 2.45) is 5.92 Å². The molecule has 0 aromatic heterocycles. The van der Waals surface area contributed by atoms with Crippen molar-refractivity contribution in [1.29, 1.82) is 0 Å². The highest BCUT2D eigenvalue weighted by molar-refractivity contribution is 6.32. The van der Waals surface area contributed by atoms with Crippen LogP contribution in [-0.4, -0.2) is 43.5 Å². The number of hydrogen-bond donors (Lipinski definition) is 1. The van der Waals surface area contributed by atoms with Crippen molar-refractivity contribution in [3.05, 3.63) is 22.2 Å². The van der Waals surface area contributed by atoms with Gasteiger partial charge in [-0.2, -0.15) is 0 Å². The Morgan fingerprint density at radius 2 is 1.83 bits per heavy atom. The van der Waals surface area contributed by atoms with Gasteiger partial charge in [0, 0.05) is 11.6 Å². The first-order valence-electron chi connectivity index (χ1n) is 10.3. The lowest BCUT2D eigenvalue weighted by atomic mass is 9.82. The van der Waals surface area contributed by atoms with Crippen LogP contribution in [0.3, 0.4) is 0 Å². The van der Waals surface area contributed by atoms with E-state index in [9.17, 15) is 9.59 Å². The Morgan fingerprint density at radius 1 is 1.17 bits per heavy atom. The second-order valence-electron chi connectivity index (χ2n) is 8.91. The molecule has 1 aliphatic carbocycles. The summed E-state index contributed by atoms with van der Waals surface area (Å²) in [6.07, 6.45) is 2.97. The van der Waals surface area contributed by atoms with Gasteiger partial charge in [-0.05, 0) is 65.4 Å². The number of amides is 1. The van der Waals surface area contributed by atoms with Crippen LogP contribution in [0, 0.1) is 12.8 Å². The molecular formula is C22H30ClNO6. The van der Waals surface area contributed by atoms with E-state index < -0.39 is 11.6 Å². The van der Waals surface area contributed by atoms with E-state index in [1.54, 1.807) is 13.0 Å². The number of benzene rings is 1. The van der Waals surface area contributed by atoms with E-state index in [-0.39, 0.29) is 24.2 Å². The van der Waals surface area contributed by atoms with E-state index in [1.165, 1.54) is 7.11 Å². The molecule has 0 saturated heterocycles. The first-order valence-corrected chi connectivity index (χ1v) is 10.7. The Labute approximate surface area is 182 Å². The lowest BCUT2D eigenvalue weighted by molar-refractivity contribution is 0.0259. The molecule has 1 atom stereocenters. The number of esters is 1. The summed E-state index contributed by atoms with van der Waals surface area (Å²) in [6.45, 7) is 7.75. The van der Waals surface area contributed by atoms with Gasteiger partial charge >= 0.3 is 12.1 Å². The molecule has 1 N–H and O–H groups in total. The fourth-order valence-electron chi connectivity index (χ4n) is 3.99. The minimum Gasteiger partial charge on any atom is -0.484 e. The van der Waals surface area contributed by atoms with E-state index in [2.05, 4.69) is 5.32 Å². The summed E-state index contributed by atoms with van der Waals surface area (Å²) in [4.78, 5) is 24.0. The number of nitrogens with one attached hydrogen (secondary N) is 1. The number of carbonyl (C=O) groups is 2. The van der Waals surface area contributed by atoms with Crippen LogP contribution in [0.1, 0.15) is 62.4 Å². The number of fused-ring (bicyclic) bond motifs is 1. The monoisotopic (exact) mass is 439 g/mol. The van der Waals surface area contributed by atoms with Gasteiger partial charge in [0.2, 0.25) is 0 Å². The van der Waals surface area contributed by atoms with Gasteiger partial charge in [-0.25, -0.2) is 9.59 Å². The average molecular weight is 440 g/mol. The molecule has 2 aliphatic rings. The van der Waals surface area contributed by atoms with Gasteiger partial charge in [0.05, 0.1) is 17.7 Å². The molecule has 8 heteroatoms. The number of alkyl carbamates (subject to hydrolysis) is 1. The van der Waals surface area contributed by atoms with Crippen LogP contribution in [0.15, 0.2) is 6.07 Å². The van der Waals surface area contributed by atoms with Crippen LogP contribution < -0.4 is 14.8 Å². The van der Waals surface area contributed by atoms with Gasteiger partial charge in [-0.1, -0.05) is 11.6 Å². The Hall–Kier alpha value is -2.15. The molecule has 30 heavy (non-hydrogen) atoms. The minimum absolute atomic E-state index is 0.0926. The Balaban J connectivity index is 1.62. The fourth-order valence-corrected chi connectivity index (χ4v) is 4.24. The number of carbonyl (C=O) groups excluding carboxylic acids is 2. The molecule has 3 rings (SSSR count). The van der Waals surface area contributed by atoms with Crippen molar-refractivity contribution in [3.8, 4) is 11.5 Å². The number of ether oxygens (including phenoxy) is 4. The van der Waals surface area contributed by atoms with Gasteiger partial charge in [-0.3, -0.25) is 0 Å². The summed E-state index contributed by atoms with van der Waals surface area (Å²) in [7, 11) is 1.33. The molecule has 166 valence electrons. The minimum atomic E-state index is -0.510. The van der Waals surface area contributed by atoms with Crippen LogP contribution in [0.25, 0.3) is 0 Å². The first kappa shape index (κ1) is 22.5. The molecule has 1 aromatic rings. The summed E-state index contributed by atoms with van der Waals surface area (Å²) < 4.78 is 22.4. The second kappa shape index (κ2) is 8.92. The highest BCUT2D eigenvalue weighted by atomic mass is 35.5. The lowest BCUT2D eigenvalue weighted by Crippen LogP contribution is -2.44. The van der Waals surface area contributed by atoms with E-state index in [0.717, 1.165) is 25.7 Å². The number of hydrogen-bond acceptors (Lipinski definition) is 6. The average Bonchev–Trinajstić information content (AvgIpc) is 2.69. The normalized spacial score (nSPS) is 23.5. The van der Waals surface area contributed by atoms with Crippen molar-refractivity contribution in [3.63, 3.8) is 0 Å². The summed E-state index contributed by atoms with van der Waals surface area (Å²) in [6, 6.07) is 1.65. The highest BCUT2D eigenvalue weighted by Crippen LogP contribution is 2.44. The van der Waals surface area contributed by atoms with Gasteiger partial charge in [0.15, 0.2) is 11.5 Å². The van der Waals surface area contributed by atoms with E-state index in [4.69, 9.17) is 30.5 Å². The summed E-state index contributed by atoms with van der Waals surface area (Å²) in [5.74, 6) is 0.804. The third-order valence-corrected chi connectivity index (χ3v) is 5.80. The Morgan fingerprint density at radius 3 is 2.43 bits per heavy atom. The molecule has 0 spiro atoms. The topological polar surface area (TPSA) is 83.1 Å². The molecule has 7 nitrogen and oxygen atoms in total. The first-order chi connectivity index (χ1) is 14.1. The maximum Gasteiger partial charge on any atom is 0.407 e. The van der Waals surface area contributed by atoms with Crippen molar-refractivity contribution in [2.45, 2.75) is 71.1 Å². The maximum atomic E-state index is 12.0. The van der Waals surface area contributed by atoms with Crippen molar-refractivity contribution in [2.75, 3.05) is 13.7 Å². The van der Waals surface area contributed by atoms with Crippen LogP contribution in [0.2, 0.25) is 5.02 Å². The fraction of sp³-hybridized carbons (Fsp3) is 0.636. The zero-order chi connectivity index (χ0) is 22.1. The second-order valence-corrected chi connectivity index (χ2v) is 9.31. The number of rotatable bonds is 3. The summed E-state index contributed by atoms with van der Waals surface area (Å²) >= 11 is 6.30. The zero-order valence-electron chi connectivity index (χ0n) is 18.2. The standard InChI is InChI=1S/C22H30ClNO6/c1-12-15(20(25)27-5)10-16(23)19-18(12)29-17(11-28-19)13-6-8-14(9-7-13)24-21(26)30-22(2,3)4/h10,13-14,17H,6-9,11H2,1-5H3,(H,24,26)/t13?,14?,17-/m1/s1. The summed E-state index contributed by atoms with van der Waals surface area (Å²) in [5.41, 5.74) is 0.520. The van der Waals surface area contributed by atoms with Crippen molar-refractivity contribution < 1.29 is 28.5 Å². The largest absolute Gasteiger partial charge is 0.484 e. The van der Waals surface area contributed by atoms with Crippen LogP contribution in [0.4, 0.5) is 4.79 Å². The number of halogens is 1. The van der Waals surface area contributed by atoms with Gasteiger partial charge in [0.1, 0.15) is 18.3 Å². The predicted octanol–water partition coefficient (Wildman–Crippen LogP) is 4.66. The predicted molar refractivity (Wildman–Crippen MR) is 113 cm³/mol. The smallest absolute Gasteiger partial charge is 0.407 e. The van der Waals surface area contributed by atoms with E-state index in [0.29, 0.717) is 34.3 Å². The molecule has 1 amide bonds. The SMILES string of the molecule is COC(=O)c1cc(Cl)c2c(c1C)O[C@@H](C1CCC(NC(=O)OC(C)(C)C)CC1)CO2. The Bertz CT molecular complexity index is 811. The van der Waals surface area contributed by atoms with E-state index in [1.807, 2.05) is 20.8 Å². The lowest BCUT2D eigenvalue weighted by Gasteiger charge is -2.37.